The van der Waals surface area contributed by atoms with Gasteiger partial charge in [0.1, 0.15) is 0 Å². The number of aryl methyl sites for hydroxylation is 1. The molecule has 0 saturated carbocycles. The number of nitrogens with two attached hydrogens (primary N) is 1. The van der Waals surface area contributed by atoms with Crippen molar-refractivity contribution in [2.75, 3.05) is 0 Å². The Balaban J connectivity index is 1.97. The van der Waals surface area contributed by atoms with Gasteiger partial charge in [-0.05, 0) is 46.5 Å². The molecule has 1 aromatic heterocycles. The zero-order valence-electron chi connectivity index (χ0n) is 10.3. The summed E-state index contributed by atoms with van der Waals surface area (Å²) in [7, 11) is 0. The van der Waals surface area contributed by atoms with Crippen molar-refractivity contribution in [3.63, 3.8) is 0 Å². The van der Waals surface area contributed by atoms with Crippen molar-refractivity contribution in [1.29, 1.82) is 0 Å². The summed E-state index contributed by atoms with van der Waals surface area (Å²) in [6.45, 7) is 3.12. The van der Waals surface area contributed by atoms with Gasteiger partial charge in [0.25, 0.3) is 5.91 Å². The van der Waals surface area contributed by atoms with E-state index in [1.165, 1.54) is 11.1 Å². The van der Waals surface area contributed by atoms with Crippen molar-refractivity contribution in [3.05, 3.63) is 57.3 Å². The molecule has 0 saturated heterocycles. The zero-order chi connectivity index (χ0) is 13.0. The molecular formula is C14H16N2OS. The second-order valence-corrected chi connectivity index (χ2v) is 4.91. The summed E-state index contributed by atoms with van der Waals surface area (Å²) in [6.07, 6.45) is 0. The number of rotatable bonds is 4. The minimum absolute atomic E-state index is 0.0517. The van der Waals surface area contributed by atoms with Gasteiger partial charge in [-0.25, -0.2) is 0 Å². The first-order chi connectivity index (χ1) is 8.70. The highest BCUT2D eigenvalue weighted by Crippen LogP contribution is 2.13. The number of carbonyl (C=O) groups excluding carboxylic acids is 1. The van der Waals surface area contributed by atoms with E-state index in [-0.39, 0.29) is 5.91 Å². The van der Waals surface area contributed by atoms with Gasteiger partial charge in [0, 0.05) is 18.7 Å². The average molecular weight is 260 g/mol. The highest BCUT2D eigenvalue weighted by atomic mass is 32.1. The lowest BCUT2D eigenvalue weighted by molar-refractivity contribution is 0.0951. The minimum Gasteiger partial charge on any atom is -0.348 e. The lowest BCUT2D eigenvalue weighted by Gasteiger charge is -2.05. The van der Waals surface area contributed by atoms with Gasteiger partial charge in [0.15, 0.2) is 0 Å². The summed E-state index contributed by atoms with van der Waals surface area (Å²) in [5.41, 5.74) is 9.60. The highest BCUT2D eigenvalue weighted by Gasteiger charge is 2.06. The van der Waals surface area contributed by atoms with Crippen LogP contribution in [-0.4, -0.2) is 5.91 Å². The number of carbonyl (C=O) groups is 1. The Morgan fingerprint density at radius 2 is 2.00 bits per heavy atom. The van der Waals surface area contributed by atoms with E-state index in [4.69, 9.17) is 5.73 Å². The fourth-order valence-electron chi connectivity index (χ4n) is 1.64. The molecule has 0 aliphatic heterocycles. The zero-order valence-corrected chi connectivity index (χ0v) is 11.1. The maximum atomic E-state index is 11.9. The third kappa shape index (κ3) is 2.97. The molecule has 18 heavy (non-hydrogen) atoms. The minimum atomic E-state index is -0.0517. The summed E-state index contributed by atoms with van der Waals surface area (Å²) in [6, 6.07) is 7.37. The van der Waals surface area contributed by atoms with Crippen LogP contribution in [0.3, 0.4) is 0 Å². The molecule has 0 aliphatic carbocycles. The highest BCUT2D eigenvalue weighted by molar-refractivity contribution is 7.08. The Labute approximate surface area is 111 Å². The molecule has 3 nitrogen and oxygen atoms in total. The molecule has 0 fully saturated rings. The quantitative estimate of drug-likeness (QED) is 0.887. The Morgan fingerprint density at radius 3 is 2.56 bits per heavy atom. The summed E-state index contributed by atoms with van der Waals surface area (Å²) in [4.78, 5) is 11.9. The number of hydrogen-bond acceptors (Lipinski definition) is 3. The molecule has 0 atom stereocenters. The van der Waals surface area contributed by atoms with Crippen molar-refractivity contribution in [2.45, 2.75) is 20.0 Å². The van der Waals surface area contributed by atoms with Crippen LogP contribution in [0.4, 0.5) is 0 Å². The molecule has 0 aliphatic rings. The van der Waals surface area contributed by atoms with E-state index in [2.05, 4.69) is 16.1 Å². The maximum Gasteiger partial charge on any atom is 0.251 e. The molecule has 1 aromatic carbocycles. The van der Waals surface area contributed by atoms with E-state index in [1.807, 2.05) is 19.1 Å². The molecule has 0 unspecified atom stereocenters. The second-order valence-electron chi connectivity index (χ2n) is 4.16. The monoisotopic (exact) mass is 260 g/mol. The predicted octanol–water partition coefficient (Wildman–Crippen LogP) is 2.45. The Kier molecular flexibility index (Phi) is 4.12. The lowest BCUT2D eigenvalue weighted by Crippen LogP contribution is -2.22. The lowest BCUT2D eigenvalue weighted by atomic mass is 10.1. The number of hydrogen-bond donors (Lipinski definition) is 2. The van der Waals surface area contributed by atoms with E-state index in [0.717, 1.165) is 5.56 Å². The Bertz CT molecular complexity index is 531. The van der Waals surface area contributed by atoms with E-state index in [9.17, 15) is 4.79 Å². The van der Waals surface area contributed by atoms with Crippen LogP contribution in [0.2, 0.25) is 0 Å². The second kappa shape index (κ2) is 5.80. The largest absolute Gasteiger partial charge is 0.348 e. The van der Waals surface area contributed by atoms with Gasteiger partial charge < -0.3 is 11.1 Å². The van der Waals surface area contributed by atoms with Gasteiger partial charge in [-0.3, -0.25) is 4.79 Å². The molecule has 0 radical (unpaired) electrons. The molecule has 0 spiro atoms. The van der Waals surface area contributed by atoms with Crippen LogP contribution in [0.1, 0.15) is 27.0 Å². The van der Waals surface area contributed by atoms with Crippen molar-refractivity contribution >= 4 is 17.2 Å². The van der Waals surface area contributed by atoms with Gasteiger partial charge in [-0.1, -0.05) is 12.1 Å². The topological polar surface area (TPSA) is 55.1 Å². The van der Waals surface area contributed by atoms with Crippen LogP contribution < -0.4 is 11.1 Å². The van der Waals surface area contributed by atoms with Crippen molar-refractivity contribution in [3.8, 4) is 0 Å². The van der Waals surface area contributed by atoms with E-state index in [0.29, 0.717) is 18.7 Å². The molecule has 1 heterocycles. The van der Waals surface area contributed by atoms with Crippen LogP contribution in [0.15, 0.2) is 35.0 Å². The smallest absolute Gasteiger partial charge is 0.251 e. The van der Waals surface area contributed by atoms with E-state index in [1.54, 1.807) is 23.5 Å². The van der Waals surface area contributed by atoms with Gasteiger partial charge in [-0.2, -0.15) is 11.3 Å². The predicted molar refractivity (Wildman–Crippen MR) is 74.6 cm³/mol. The van der Waals surface area contributed by atoms with Crippen LogP contribution in [-0.2, 0) is 13.1 Å². The summed E-state index contributed by atoms with van der Waals surface area (Å²) in [5.74, 6) is -0.0517. The Hall–Kier alpha value is -1.65. The fraction of sp³-hybridized carbons (Fsp3) is 0.214. The van der Waals surface area contributed by atoms with Gasteiger partial charge in [0.2, 0.25) is 0 Å². The van der Waals surface area contributed by atoms with Gasteiger partial charge in [0.05, 0.1) is 0 Å². The molecule has 1 amide bonds. The molecule has 2 aromatic rings. The molecule has 0 bridgehead atoms. The molecule has 4 heteroatoms. The van der Waals surface area contributed by atoms with Gasteiger partial charge >= 0.3 is 0 Å². The van der Waals surface area contributed by atoms with Crippen LogP contribution in [0.5, 0.6) is 0 Å². The number of nitrogens with one attached hydrogen (secondary N) is 1. The third-order valence-corrected chi connectivity index (χ3v) is 3.76. The number of amides is 1. The van der Waals surface area contributed by atoms with Crippen LogP contribution in [0.25, 0.3) is 0 Å². The first-order valence-corrected chi connectivity index (χ1v) is 6.74. The van der Waals surface area contributed by atoms with Crippen LogP contribution in [0, 0.1) is 6.92 Å². The summed E-state index contributed by atoms with van der Waals surface area (Å²) >= 11 is 1.65. The first kappa shape index (κ1) is 12.8. The van der Waals surface area contributed by atoms with Crippen molar-refractivity contribution in [1.82, 2.24) is 5.32 Å². The first-order valence-electron chi connectivity index (χ1n) is 5.79. The number of benzene rings is 1. The van der Waals surface area contributed by atoms with E-state index < -0.39 is 0 Å². The third-order valence-electron chi connectivity index (χ3n) is 2.85. The summed E-state index contributed by atoms with van der Waals surface area (Å²) < 4.78 is 0. The van der Waals surface area contributed by atoms with Gasteiger partial charge in [-0.15, -0.1) is 0 Å². The van der Waals surface area contributed by atoms with Crippen molar-refractivity contribution < 1.29 is 4.79 Å². The molecule has 2 rings (SSSR count). The van der Waals surface area contributed by atoms with Crippen molar-refractivity contribution in [2.24, 2.45) is 5.73 Å². The maximum absolute atomic E-state index is 11.9. The van der Waals surface area contributed by atoms with E-state index >= 15 is 0 Å². The molecular weight excluding hydrogens is 244 g/mol. The molecule has 94 valence electrons. The normalized spacial score (nSPS) is 10.3. The SMILES string of the molecule is Cc1cscc1CNC(=O)c1ccc(CN)cc1. The standard InChI is InChI=1S/C14H16N2OS/c1-10-8-18-9-13(10)7-16-14(17)12-4-2-11(6-15)3-5-12/h2-5,8-9H,6-7,15H2,1H3,(H,16,17). The summed E-state index contributed by atoms with van der Waals surface area (Å²) in [5, 5.41) is 7.06. The van der Waals surface area contributed by atoms with Crippen LogP contribution >= 0.6 is 11.3 Å². The fourth-order valence-corrected chi connectivity index (χ4v) is 2.49. The Morgan fingerprint density at radius 1 is 1.28 bits per heavy atom. The molecule has 3 N–H and O–H groups in total. The number of thiophene rings is 1. The average Bonchev–Trinajstić information content (AvgIpc) is 2.81.